The molecule has 1 aromatic carbocycles. The summed E-state index contributed by atoms with van der Waals surface area (Å²) in [6.45, 7) is 1.94. The summed E-state index contributed by atoms with van der Waals surface area (Å²) in [6.07, 6.45) is 0.695. The van der Waals surface area contributed by atoms with E-state index in [0.29, 0.717) is 22.7 Å². The van der Waals surface area contributed by atoms with Crippen molar-refractivity contribution in [2.75, 3.05) is 11.1 Å². The van der Waals surface area contributed by atoms with Gasteiger partial charge in [-0.15, -0.1) is 5.10 Å². The Morgan fingerprint density at radius 1 is 1.41 bits per heavy atom. The maximum Gasteiger partial charge on any atom is 0.269 e. The van der Waals surface area contributed by atoms with E-state index in [1.165, 1.54) is 0 Å². The fraction of sp³-hybridized carbons (Fsp3) is 0.182. The van der Waals surface area contributed by atoms with E-state index >= 15 is 0 Å². The zero-order chi connectivity index (χ0) is 12.3. The van der Waals surface area contributed by atoms with E-state index in [1.807, 2.05) is 6.92 Å². The molecule has 1 heterocycles. The highest BCUT2D eigenvalue weighted by Gasteiger charge is 2.14. The van der Waals surface area contributed by atoms with Crippen molar-refractivity contribution in [3.63, 3.8) is 0 Å². The number of anilines is 2. The molecule has 5 nitrogen and oxygen atoms in total. The van der Waals surface area contributed by atoms with E-state index in [4.69, 9.17) is 5.73 Å². The van der Waals surface area contributed by atoms with E-state index in [9.17, 15) is 4.79 Å². The number of amides is 1. The van der Waals surface area contributed by atoms with Crippen molar-refractivity contribution in [3.05, 3.63) is 34.8 Å². The van der Waals surface area contributed by atoms with Gasteiger partial charge in [-0.3, -0.25) is 4.79 Å². The summed E-state index contributed by atoms with van der Waals surface area (Å²) in [5, 5.41) is 6.68. The average Bonchev–Trinajstić information content (AvgIpc) is 2.80. The number of carbonyl (C=O) groups is 1. The molecule has 2 aromatic rings. The van der Waals surface area contributed by atoms with Crippen molar-refractivity contribution in [1.82, 2.24) is 9.59 Å². The van der Waals surface area contributed by atoms with Gasteiger partial charge in [-0.1, -0.05) is 11.4 Å². The lowest BCUT2D eigenvalue weighted by Crippen LogP contribution is -2.12. The zero-order valence-electron chi connectivity index (χ0n) is 9.30. The molecule has 0 aliphatic carbocycles. The van der Waals surface area contributed by atoms with Gasteiger partial charge in [0.25, 0.3) is 5.91 Å². The molecule has 0 saturated carbocycles. The number of hydrogen-bond donors (Lipinski definition) is 2. The standard InChI is InChI=1S/C11H12N4OS/c1-2-9-10(17-15-14-9)11(16)13-8-5-3-7(12)4-6-8/h3-6H,2,12H2,1H3,(H,13,16). The topological polar surface area (TPSA) is 80.9 Å². The van der Waals surface area contributed by atoms with Gasteiger partial charge in [-0.05, 0) is 42.2 Å². The highest BCUT2D eigenvalue weighted by molar-refractivity contribution is 7.08. The van der Waals surface area contributed by atoms with Gasteiger partial charge >= 0.3 is 0 Å². The van der Waals surface area contributed by atoms with Gasteiger partial charge in [0.05, 0.1) is 5.69 Å². The summed E-state index contributed by atoms with van der Waals surface area (Å²) < 4.78 is 3.78. The first-order chi connectivity index (χ1) is 8.20. The van der Waals surface area contributed by atoms with Crippen LogP contribution in [0.4, 0.5) is 11.4 Å². The first-order valence-corrected chi connectivity index (χ1v) is 5.96. The van der Waals surface area contributed by atoms with E-state index in [0.717, 1.165) is 17.2 Å². The molecule has 1 amide bonds. The van der Waals surface area contributed by atoms with Gasteiger partial charge in [0, 0.05) is 11.4 Å². The van der Waals surface area contributed by atoms with Crippen molar-refractivity contribution in [2.24, 2.45) is 0 Å². The van der Waals surface area contributed by atoms with E-state index in [2.05, 4.69) is 14.9 Å². The third kappa shape index (κ3) is 2.59. The van der Waals surface area contributed by atoms with Crippen LogP contribution in [0.3, 0.4) is 0 Å². The summed E-state index contributed by atoms with van der Waals surface area (Å²) in [6, 6.07) is 6.99. The second-order valence-corrected chi connectivity index (χ2v) is 4.23. The predicted molar refractivity (Wildman–Crippen MR) is 68.1 cm³/mol. The minimum Gasteiger partial charge on any atom is -0.399 e. The fourth-order valence-corrected chi connectivity index (χ4v) is 2.01. The van der Waals surface area contributed by atoms with Crippen LogP contribution in [0, 0.1) is 0 Å². The minimum atomic E-state index is -0.179. The molecule has 0 saturated heterocycles. The normalized spacial score (nSPS) is 10.2. The molecule has 0 atom stereocenters. The molecule has 3 N–H and O–H groups in total. The third-order valence-corrected chi connectivity index (χ3v) is 3.03. The predicted octanol–water partition coefficient (Wildman–Crippen LogP) is 1.93. The van der Waals surface area contributed by atoms with Crippen LogP contribution in [0.25, 0.3) is 0 Å². The van der Waals surface area contributed by atoms with Crippen LogP contribution in [-0.2, 0) is 6.42 Å². The molecule has 88 valence electrons. The first kappa shape index (κ1) is 11.5. The first-order valence-electron chi connectivity index (χ1n) is 5.19. The maximum atomic E-state index is 11.9. The molecule has 0 radical (unpaired) electrons. The fourth-order valence-electron chi connectivity index (χ4n) is 1.37. The average molecular weight is 248 g/mol. The van der Waals surface area contributed by atoms with Crippen molar-refractivity contribution in [2.45, 2.75) is 13.3 Å². The van der Waals surface area contributed by atoms with Crippen LogP contribution in [0.15, 0.2) is 24.3 Å². The number of hydrogen-bond acceptors (Lipinski definition) is 5. The molecule has 0 spiro atoms. The Hall–Kier alpha value is -1.95. The van der Waals surface area contributed by atoms with Crippen LogP contribution < -0.4 is 11.1 Å². The number of nitrogens with two attached hydrogens (primary N) is 1. The number of aryl methyl sites for hydroxylation is 1. The summed E-state index contributed by atoms with van der Waals surface area (Å²) >= 11 is 1.11. The van der Waals surface area contributed by atoms with Crippen LogP contribution in [0.5, 0.6) is 0 Å². The molecule has 0 bridgehead atoms. The molecule has 6 heteroatoms. The molecule has 2 rings (SSSR count). The van der Waals surface area contributed by atoms with Gasteiger partial charge in [-0.2, -0.15) is 0 Å². The Balaban J connectivity index is 2.14. The Kier molecular flexibility index (Phi) is 3.34. The van der Waals surface area contributed by atoms with Crippen molar-refractivity contribution in [3.8, 4) is 0 Å². The number of nitrogens with one attached hydrogen (secondary N) is 1. The monoisotopic (exact) mass is 248 g/mol. The molecule has 0 aliphatic rings. The summed E-state index contributed by atoms with van der Waals surface area (Å²) in [5.41, 5.74) is 7.66. The molecule has 0 aliphatic heterocycles. The number of nitrogens with zero attached hydrogens (tertiary/aromatic N) is 2. The van der Waals surface area contributed by atoms with E-state index in [-0.39, 0.29) is 5.91 Å². The lowest BCUT2D eigenvalue weighted by molar-refractivity contribution is 0.102. The molecule has 0 unspecified atom stereocenters. The smallest absolute Gasteiger partial charge is 0.269 e. The van der Waals surface area contributed by atoms with Gasteiger partial charge in [0.15, 0.2) is 0 Å². The van der Waals surface area contributed by atoms with Crippen molar-refractivity contribution < 1.29 is 4.79 Å². The Morgan fingerprint density at radius 3 is 2.76 bits per heavy atom. The van der Waals surface area contributed by atoms with Gasteiger partial charge in [-0.25, -0.2) is 0 Å². The van der Waals surface area contributed by atoms with Crippen LogP contribution in [-0.4, -0.2) is 15.5 Å². The molecule has 0 fully saturated rings. The second-order valence-electron chi connectivity index (χ2n) is 3.48. The Morgan fingerprint density at radius 2 is 2.12 bits per heavy atom. The second kappa shape index (κ2) is 4.92. The number of nitrogen functional groups attached to an aromatic ring is 1. The van der Waals surface area contributed by atoms with Crippen LogP contribution in [0.2, 0.25) is 0 Å². The Bertz CT molecular complexity index is 521. The summed E-state index contributed by atoms with van der Waals surface area (Å²) in [4.78, 5) is 12.5. The highest BCUT2D eigenvalue weighted by atomic mass is 32.1. The van der Waals surface area contributed by atoms with Gasteiger partial charge in [0.1, 0.15) is 4.88 Å². The molecule has 1 aromatic heterocycles. The van der Waals surface area contributed by atoms with Gasteiger partial charge < -0.3 is 11.1 Å². The van der Waals surface area contributed by atoms with Gasteiger partial charge in [0.2, 0.25) is 0 Å². The molecule has 17 heavy (non-hydrogen) atoms. The lowest BCUT2D eigenvalue weighted by atomic mass is 10.2. The largest absolute Gasteiger partial charge is 0.399 e. The van der Waals surface area contributed by atoms with Crippen LogP contribution in [0.1, 0.15) is 22.3 Å². The third-order valence-electron chi connectivity index (χ3n) is 2.27. The minimum absolute atomic E-state index is 0.179. The SMILES string of the molecule is CCc1nnsc1C(=O)Nc1ccc(N)cc1. The number of carbonyl (C=O) groups excluding carboxylic acids is 1. The quantitative estimate of drug-likeness (QED) is 0.813. The number of aromatic nitrogens is 2. The molecular weight excluding hydrogens is 236 g/mol. The summed E-state index contributed by atoms with van der Waals surface area (Å²) in [7, 11) is 0. The molecular formula is C11H12N4OS. The zero-order valence-corrected chi connectivity index (χ0v) is 10.1. The Labute approximate surface area is 103 Å². The number of rotatable bonds is 3. The van der Waals surface area contributed by atoms with Crippen molar-refractivity contribution in [1.29, 1.82) is 0 Å². The summed E-state index contributed by atoms with van der Waals surface area (Å²) in [5.74, 6) is -0.179. The van der Waals surface area contributed by atoms with E-state index < -0.39 is 0 Å². The highest BCUT2D eigenvalue weighted by Crippen LogP contribution is 2.15. The lowest BCUT2D eigenvalue weighted by Gasteiger charge is -2.04. The van der Waals surface area contributed by atoms with E-state index in [1.54, 1.807) is 24.3 Å². The number of benzene rings is 1. The van der Waals surface area contributed by atoms with Crippen LogP contribution >= 0.6 is 11.5 Å². The van der Waals surface area contributed by atoms with Crippen molar-refractivity contribution >= 4 is 28.8 Å². The maximum absolute atomic E-state index is 11.9.